The molecule has 1 aliphatic carbocycles. The van der Waals surface area contributed by atoms with Crippen molar-refractivity contribution in [2.45, 2.75) is 19.3 Å². The van der Waals surface area contributed by atoms with E-state index in [2.05, 4.69) is 11.4 Å². The predicted octanol–water partition coefficient (Wildman–Crippen LogP) is 0.375. The summed E-state index contributed by atoms with van der Waals surface area (Å²) in [6.45, 7) is 2.86. The summed E-state index contributed by atoms with van der Waals surface area (Å²) in [4.78, 5) is 13.5. The molecule has 96 valence electrons. The van der Waals surface area contributed by atoms with Gasteiger partial charge < -0.3 is 15.0 Å². The lowest BCUT2D eigenvalue weighted by atomic mass is 10.3. The molecule has 0 radical (unpaired) electrons. The van der Waals surface area contributed by atoms with E-state index in [1.165, 1.54) is 12.8 Å². The average Bonchev–Trinajstić information content (AvgIpc) is 3.13. The van der Waals surface area contributed by atoms with Gasteiger partial charge >= 0.3 is 0 Å². The van der Waals surface area contributed by atoms with E-state index in [1.54, 1.807) is 12.0 Å². The molecule has 1 saturated carbocycles. The molecule has 0 aromatic carbocycles. The summed E-state index contributed by atoms with van der Waals surface area (Å²) < 4.78 is 4.96. The summed E-state index contributed by atoms with van der Waals surface area (Å²) in [6, 6.07) is 2.06. The van der Waals surface area contributed by atoms with Crippen molar-refractivity contribution in [2.24, 2.45) is 5.92 Å². The molecule has 1 amide bonds. The fourth-order valence-electron chi connectivity index (χ4n) is 1.56. The van der Waals surface area contributed by atoms with E-state index < -0.39 is 0 Å². The highest BCUT2D eigenvalue weighted by atomic mass is 16.5. The molecule has 1 rings (SSSR count). The van der Waals surface area contributed by atoms with Crippen LogP contribution >= 0.6 is 0 Å². The monoisotopic (exact) mass is 239 g/mol. The van der Waals surface area contributed by atoms with E-state index in [-0.39, 0.29) is 5.91 Å². The molecule has 1 fully saturated rings. The molecule has 0 bridgehead atoms. The number of methoxy groups -OCH3 is 1. The van der Waals surface area contributed by atoms with Gasteiger partial charge in [0.25, 0.3) is 0 Å². The minimum absolute atomic E-state index is 0.0537. The second-order valence-electron chi connectivity index (χ2n) is 4.36. The predicted molar refractivity (Wildman–Crippen MR) is 64.3 cm³/mol. The molecule has 1 aliphatic rings. The van der Waals surface area contributed by atoms with Gasteiger partial charge in [0, 0.05) is 20.2 Å². The van der Waals surface area contributed by atoms with Crippen LogP contribution in [0.1, 0.15) is 19.3 Å². The number of amides is 1. The molecule has 0 aromatic rings. The molecule has 0 unspecified atom stereocenters. The number of hydrogen-bond acceptors (Lipinski definition) is 4. The van der Waals surface area contributed by atoms with Crippen LogP contribution in [0.3, 0.4) is 0 Å². The third-order valence-electron chi connectivity index (χ3n) is 2.82. The van der Waals surface area contributed by atoms with E-state index in [1.807, 2.05) is 0 Å². The molecule has 1 N–H and O–H groups in total. The van der Waals surface area contributed by atoms with Crippen LogP contribution in [0.4, 0.5) is 0 Å². The van der Waals surface area contributed by atoms with Crippen molar-refractivity contribution in [3.05, 3.63) is 0 Å². The standard InChI is InChI=1S/C12H21N3O2/c1-17-8-7-15(6-2-5-13)12(16)10-14-9-11-3-4-11/h11,14H,2-4,6-10H2,1H3. The third kappa shape index (κ3) is 6.25. The molecule has 5 heteroatoms. The fraction of sp³-hybridized carbons (Fsp3) is 0.833. The lowest BCUT2D eigenvalue weighted by Gasteiger charge is -2.21. The minimum atomic E-state index is 0.0537. The first-order valence-corrected chi connectivity index (χ1v) is 6.12. The molecule has 0 heterocycles. The van der Waals surface area contributed by atoms with Gasteiger partial charge in [0.05, 0.1) is 25.6 Å². The van der Waals surface area contributed by atoms with Gasteiger partial charge in [0.1, 0.15) is 0 Å². The van der Waals surface area contributed by atoms with Crippen LogP contribution in [0.25, 0.3) is 0 Å². The van der Waals surface area contributed by atoms with Crippen molar-refractivity contribution in [1.29, 1.82) is 5.26 Å². The van der Waals surface area contributed by atoms with Crippen molar-refractivity contribution in [1.82, 2.24) is 10.2 Å². The lowest BCUT2D eigenvalue weighted by Crippen LogP contribution is -2.40. The number of carbonyl (C=O) groups is 1. The van der Waals surface area contributed by atoms with Crippen LogP contribution in [0.2, 0.25) is 0 Å². The first-order chi connectivity index (χ1) is 8.27. The highest BCUT2D eigenvalue weighted by molar-refractivity contribution is 5.78. The molecule has 0 atom stereocenters. The molecular formula is C12H21N3O2. The number of ether oxygens (including phenoxy) is 1. The van der Waals surface area contributed by atoms with Crippen LogP contribution in [0.5, 0.6) is 0 Å². The average molecular weight is 239 g/mol. The van der Waals surface area contributed by atoms with Gasteiger partial charge in [-0.1, -0.05) is 0 Å². The van der Waals surface area contributed by atoms with E-state index in [0.29, 0.717) is 32.7 Å². The number of nitrogens with zero attached hydrogens (tertiary/aromatic N) is 2. The zero-order chi connectivity index (χ0) is 12.5. The zero-order valence-electron chi connectivity index (χ0n) is 10.4. The Kier molecular flexibility index (Phi) is 6.60. The molecule has 0 aromatic heterocycles. The van der Waals surface area contributed by atoms with Crippen molar-refractivity contribution in [2.75, 3.05) is 39.9 Å². The largest absolute Gasteiger partial charge is 0.383 e. The van der Waals surface area contributed by atoms with E-state index in [4.69, 9.17) is 10.00 Å². The molecule has 17 heavy (non-hydrogen) atoms. The minimum Gasteiger partial charge on any atom is -0.383 e. The lowest BCUT2D eigenvalue weighted by molar-refractivity contribution is -0.130. The Hall–Kier alpha value is -1.12. The van der Waals surface area contributed by atoms with Gasteiger partial charge in [-0.15, -0.1) is 0 Å². The summed E-state index contributed by atoms with van der Waals surface area (Å²) in [7, 11) is 1.61. The van der Waals surface area contributed by atoms with Crippen LogP contribution in [-0.4, -0.2) is 50.7 Å². The zero-order valence-corrected chi connectivity index (χ0v) is 10.4. The summed E-state index contributed by atoms with van der Waals surface area (Å²) in [6.07, 6.45) is 2.93. The SMILES string of the molecule is COCCN(CCC#N)C(=O)CNCC1CC1. The number of carbonyl (C=O) groups excluding carboxylic acids is 1. The topological polar surface area (TPSA) is 65.4 Å². The molecular weight excluding hydrogens is 218 g/mol. The van der Waals surface area contributed by atoms with Crippen molar-refractivity contribution >= 4 is 5.91 Å². The molecule has 5 nitrogen and oxygen atoms in total. The molecule has 0 saturated heterocycles. The Morgan fingerprint density at radius 1 is 1.53 bits per heavy atom. The second-order valence-corrected chi connectivity index (χ2v) is 4.36. The van der Waals surface area contributed by atoms with E-state index >= 15 is 0 Å². The summed E-state index contributed by atoms with van der Waals surface area (Å²) in [5.74, 6) is 0.826. The number of nitrogens with one attached hydrogen (secondary N) is 1. The van der Waals surface area contributed by atoms with Gasteiger partial charge in [-0.3, -0.25) is 4.79 Å². The number of rotatable bonds is 9. The van der Waals surface area contributed by atoms with E-state index in [0.717, 1.165) is 12.5 Å². The smallest absolute Gasteiger partial charge is 0.236 e. The van der Waals surface area contributed by atoms with Gasteiger partial charge in [-0.2, -0.15) is 5.26 Å². The second kappa shape index (κ2) is 8.04. The van der Waals surface area contributed by atoms with Gasteiger partial charge in [0.2, 0.25) is 5.91 Å². The Bertz CT molecular complexity index is 271. The number of nitriles is 1. The highest BCUT2D eigenvalue weighted by Gasteiger charge is 2.21. The van der Waals surface area contributed by atoms with Crippen molar-refractivity contribution < 1.29 is 9.53 Å². The van der Waals surface area contributed by atoms with Crippen LogP contribution in [0, 0.1) is 17.2 Å². The number of hydrogen-bond donors (Lipinski definition) is 1. The first-order valence-electron chi connectivity index (χ1n) is 6.12. The van der Waals surface area contributed by atoms with Crippen LogP contribution in [0.15, 0.2) is 0 Å². The Labute approximate surface area is 103 Å². The fourth-order valence-corrected chi connectivity index (χ4v) is 1.56. The maximum Gasteiger partial charge on any atom is 0.236 e. The highest BCUT2D eigenvalue weighted by Crippen LogP contribution is 2.27. The Morgan fingerprint density at radius 3 is 2.88 bits per heavy atom. The quantitative estimate of drug-likeness (QED) is 0.631. The van der Waals surface area contributed by atoms with Gasteiger partial charge in [-0.05, 0) is 25.3 Å². The summed E-state index contributed by atoms with van der Waals surface area (Å²) in [5.41, 5.74) is 0. The van der Waals surface area contributed by atoms with Crippen LogP contribution in [-0.2, 0) is 9.53 Å². The maximum atomic E-state index is 11.9. The first kappa shape index (κ1) is 13.9. The maximum absolute atomic E-state index is 11.9. The molecule has 0 aliphatic heterocycles. The third-order valence-corrected chi connectivity index (χ3v) is 2.82. The Balaban J connectivity index is 2.21. The molecule has 0 spiro atoms. The van der Waals surface area contributed by atoms with E-state index in [9.17, 15) is 4.79 Å². The van der Waals surface area contributed by atoms with Gasteiger partial charge in [0.15, 0.2) is 0 Å². The van der Waals surface area contributed by atoms with Crippen molar-refractivity contribution in [3.8, 4) is 6.07 Å². The summed E-state index contributed by atoms with van der Waals surface area (Å²) >= 11 is 0. The normalized spacial score (nSPS) is 14.4. The van der Waals surface area contributed by atoms with Gasteiger partial charge in [-0.25, -0.2) is 0 Å². The Morgan fingerprint density at radius 2 is 2.29 bits per heavy atom. The van der Waals surface area contributed by atoms with Crippen molar-refractivity contribution in [3.63, 3.8) is 0 Å². The summed E-state index contributed by atoms with van der Waals surface area (Å²) in [5, 5.41) is 11.7. The van der Waals surface area contributed by atoms with Crippen LogP contribution < -0.4 is 5.32 Å².